The molecule has 1 heterocycles. The summed E-state index contributed by atoms with van der Waals surface area (Å²) in [4.78, 5) is 14.7. The molecule has 1 aromatic carbocycles. The van der Waals surface area contributed by atoms with Gasteiger partial charge in [0.15, 0.2) is 0 Å². The summed E-state index contributed by atoms with van der Waals surface area (Å²) in [5, 5.41) is 6.57. The average molecular weight is 329 g/mol. The number of benzene rings is 1. The molecule has 4 nitrogen and oxygen atoms in total. The fourth-order valence-corrected chi connectivity index (χ4v) is 3.97. The smallest absolute Gasteiger partial charge is 0.223 e. The van der Waals surface area contributed by atoms with E-state index in [0.29, 0.717) is 11.5 Å². The van der Waals surface area contributed by atoms with Crippen LogP contribution in [0, 0.1) is 11.3 Å². The molecule has 1 aliphatic carbocycles. The number of amides is 1. The molecule has 0 aromatic heterocycles. The van der Waals surface area contributed by atoms with Crippen LogP contribution < -0.4 is 10.6 Å². The van der Waals surface area contributed by atoms with Crippen molar-refractivity contribution in [1.29, 1.82) is 0 Å². The maximum Gasteiger partial charge on any atom is 0.223 e. The van der Waals surface area contributed by atoms with Crippen molar-refractivity contribution in [3.8, 4) is 0 Å². The van der Waals surface area contributed by atoms with Crippen LogP contribution in [0.1, 0.15) is 38.2 Å². The summed E-state index contributed by atoms with van der Waals surface area (Å²) >= 11 is 0. The number of hydrogen-bond acceptors (Lipinski definition) is 3. The van der Waals surface area contributed by atoms with Gasteiger partial charge in [-0.15, -0.1) is 0 Å². The summed E-state index contributed by atoms with van der Waals surface area (Å²) in [5.74, 6) is 0.562. The summed E-state index contributed by atoms with van der Waals surface area (Å²) in [6.45, 7) is 6.12. The van der Waals surface area contributed by atoms with Crippen LogP contribution in [0.2, 0.25) is 0 Å². The highest BCUT2D eigenvalue weighted by Crippen LogP contribution is 2.58. The Hall–Kier alpha value is -1.39. The van der Waals surface area contributed by atoms with Crippen LogP contribution in [0.3, 0.4) is 0 Å². The van der Waals surface area contributed by atoms with Gasteiger partial charge in [0.2, 0.25) is 5.91 Å². The molecule has 2 unspecified atom stereocenters. The van der Waals surface area contributed by atoms with E-state index in [1.165, 1.54) is 18.4 Å². The summed E-state index contributed by atoms with van der Waals surface area (Å²) in [6, 6.07) is 11.0. The second-order valence-electron chi connectivity index (χ2n) is 7.70. The summed E-state index contributed by atoms with van der Waals surface area (Å²) in [6.07, 6.45) is 4.43. The van der Waals surface area contributed by atoms with E-state index in [0.717, 1.165) is 39.0 Å². The van der Waals surface area contributed by atoms with Gasteiger partial charge in [-0.05, 0) is 63.7 Å². The lowest BCUT2D eigenvalue weighted by molar-refractivity contribution is -0.123. The Bertz CT molecular complexity index is 539. The Kier molecular flexibility index (Phi) is 5.57. The molecule has 4 heteroatoms. The molecule has 0 bridgehead atoms. The zero-order chi connectivity index (χ0) is 17.0. The number of piperidine rings is 1. The quantitative estimate of drug-likeness (QED) is 0.807. The number of carbonyl (C=O) groups excluding carboxylic acids is 1. The third-order valence-corrected chi connectivity index (χ3v) is 5.99. The predicted molar refractivity (Wildman–Crippen MR) is 97.6 cm³/mol. The van der Waals surface area contributed by atoms with Crippen molar-refractivity contribution >= 4 is 5.91 Å². The fourth-order valence-electron chi connectivity index (χ4n) is 3.97. The fraction of sp³-hybridized carbons (Fsp3) is 0.650. The van der Waals surface area contributed by atoms with Gasteiger partial charge in [0.25, 0.3) is 0 Å². The minimum absolute atomic E-state index is 0.275. The number of carbonyl (C=O) groups is 1. The molecule has 24 heavy (non-hydrogen) atoms. The standard InChI is InChI=1S/C20H31N3O/c1-16(23(2)15-17-6-4-3-5-7-17)8-11-22-19(24)18-14-20(18)9-12-21-13-10-20/h3-7,16,18,21H,8-15H2,1-2H3,(H,22,24). The topological polar surface area (TPSA) is 44.4 Å². The highest BCUT2D eigenvalue weighted by Gasteiger charge is 2.57. The van der Waals surface area contributed by atoms with Crippen LogP contribution >= 0.6 is 0 Å². The van der Waals surface area contributed by atoms with Gasteiger partial charge in [0.1, 0.15) is 0 Å². The Morgan fingerprint density at radius 1 is 1.33 bits per heavy atom. The van der Waals surface area contributed by atoms with Crippen LogP contribution in [0.5, 0.6) is 0 Å². The molecule has 1 spiro atoms. The Labute approximate surface area is 146 Å². The maximum atomic E-state index is 12.4. The van der Waals surface area contributed by atoms with Crippen LogP contribution in [-0.4, -0.2) is 43.5 Å². The molecular weight excluding hydrogens is 298 g/mol. The molecule has 3 rings (SSSR count). The molecule has 1 aromatic rings. The first-order chi connectivity index (χ1) is 11.6. The first kappa shape index (κ1) is 17.4. The Balaban J connectivity index is 1.36. The lowest BCUT2D eigenvalue weighted by Gasteiger charge is -2.25. The van der Waals surface area contributed by atoms with E-state index < -0.39 is 0 Å². The van der Waals surface area contributed by atoms with Crippen LogP contribution in [0.15, 0.2) is 30.3 Å². The van der Waals surface area contributed by atoms with E-state index in [1.54, 1.807) is 0 Å². The van der Waals surface area contributed by atoms with E-state index in [-0.39, 0.29) is 11.8 Å². The molecule has 2 aliphatic rings. The second kappa shape index (κ2) is 7.66. The molecule has 0 radical (unpaired) electrons. The second-order valence-corrected chi connectivity index (χ2v) is 7.70. The Morgan fingerprint density at radius 3 is 2.75 bits per heavy atom. The monoisotopic (exact) mass is 329 g/mol. The number of rotatable bonds is 7. The van der Waals surface area contributed by atoms with Crippen molar-refractivity contribution in [2.24, 2.45) is 11.3 Å². The third kappa shape index (κ3) is 4.17. The van der Waals surface area contributed by atoms with Gasteiger partial charge >= 0.3 is 0 Å². The van der Waals surface area contributed by atoms with Crippen molar-refractivity contribution in [2.75, 3.05) is 26.7 Å². The molecule has 132 valence electrons. The molecule has 1 aliphatic heterocycles. The lowest BCUT2D eigenvalue weighted by Crippen LogP contribution is -2.36. The summed E-state index contributed by atoms with van der Waals surface area (Å²) in [5.41, 5.74) is 1.67. The van der Waals surface area contributed by atoms with Crippen molar-refractivity contribution in [1.82, 2.24) is 15.5 Å². The van der Waals surface area contributed by atoms with Crippen molar-refractivity contribution in [2.45, 2.75) is 45.2 Å². The molecule has 2 atom stereocenters. The largest absolute Gasteiger partial charge is 0.356 e. The van der Waals surface area contributed by atoms with Crippen LogP contribution in [-0.2, 0) is 11.3 Å². The normalized spacial score (nSPS) is 23.2. The van der Waals surface area contributed by atoms with E-state index in [2.05, 4.69) is 59.8 Å². The van der Waals surface area contributed by atoms with Crippen LogP contribution in [0.4, 0.5) is 0 Å². The van der Waals surface area contributed by atoms with Gasteiger partial charge in [-0.3, -0.25) is 9.69 Å². The highest BCUT2D eigenvalue weighted by atomic mass is 16.2. The van der Waals surface area contributed by atoms with E-state index in [1.807, 2.05) is 0 Å². The highest BCUT2D eigenvalue weighted by molar-refractivity contribution is 5.82. The molecule has 2 N–H and O–H groups in total. The third-order valence-electron chi connectivity index (χ3n) is 5.99. The predicted octanol–water partition coefficient (Wildman–Crippen LogP) is 2.40. The van der Waals surface area contributed by atoms with E-state index in [4.69, 9.17) is 0 Å². The van der Waals surface area contributed by atoms with Gasteiger partial charge in [0, 0.05) is 25.0 Å². The molecule has 1 saturated heterocycles. The van der Waals surface area contributed by atoms with Gasteiger partial charge in [0.05, 0.1) is 0 Å². The van der Waals surface area contributed by atoms with Crippen molar-refractivity contribution < 1.29 is 4.79 Å². The molecule has 1 amide bonds. The van der Waals surface area contributed by atoms with Gasteiger partial charge < -0.3 is 10.6 Å². The minimum atomic E-state index is 0.275. The lowest BCUT2D eigenvalue weighted by atomic mass is 9.92. The summed E-state index contributed by atoms with van der Waals surface area (Å²) in [7, 11) is 2.16. The van der Waals surface area contributed by atoms with Crippen LogP contribution in [0.25, 0.3) is 0 Å². The number of hydrogen-bond donors (Lipinski definition) is 2. The first-order valence-electron chi connectivity index (χ1n) is 9.33. The zero-order valence-corrected chi connectivity index (χ0v) is 15.1. The summed E-state index contributed by atoms with van der Waals surface area (Å²) < 4.78 is 0. The first-order valence-corrected chi connectivity index (χ1v) is 9.33. The van der Waals surface area contributed by atoms with Gasteiger partial charge in [-0.1, -0.05) is 30.3 Å². The van der Waals surface area contributed by atoms with Crippen molar-refractivity contribution in [3.05, 3.63) is 35.9 Å². The minimum Gasteiger partial charge on any atom is -0.356 e. The number of nitrogens with zero attached hydrogens (tertiary/aromatic N) is 1. The SMILES string of the molecule is CC(CCNC(=O)C1CC12CCNCC2)N(C)Cc1ccccc1. The maximum absolute atomic E-state index is 12.4. The van der Waals surface area contributed by atoms with Crippen molar-refractivity contribution in [3.63, 3.8) is 0 Å². The molecule has 2 fully saturated rings. The van der Waals surface area contributed by atoms with E-state index in [9.17, 15) is 4.79 Å². The van der Waals surface area contributed by atoms with Gasteiger partial charge in [-0.2, -0.15) is 0 Å². The zero-order valence-electron chi connectivity index (χ0n) is 15.1. The number of nitrogens with one attached hydrogen (secondary N) is 2. The molecule has 1 saturated carbocycles. The Morgan fingerprint density at radius 2 is 2.04 bits per heavy atom. The van der Waals surface area contributed by atoms with Gasteiger partial charge in [-0.25, -0.2) is 0 Å². The van der Waals surface area contributed by atoms with E-state index >= 15 is 0 Å². The molecular formula is C20H31N3O. The average Bonchev–Trinajstić information content (AvgIpc) is 3.29.